The van der Waals surface area contributed by atoms with Crippen LogP contribution in [0.1, 0.15) is 0 Å². The highest BCUT2D eigenvalue weighted by molar-refractivity contribution is 14.1. The van der Waals surface area contributed by atoms with Crippen LogP contribution in [0.2, 0.25) is 0 Å². The second-order valence-corrected chi connectivity index (χ2v) is 3.84. The van der Waals surface area contributed by atoms with Crippen molar-refractivity contribution in [3.8, 4) is 0 Å². The molecule has 0 saturated heterocycles. The molecule has 2 heteroatoms. The van der Waals surface area contributed by atoms with E-state index in [1.165, 1.54) is 8.96 Å². The zero-order valence-electron chi connectivity index (χ0n) is 6.42. The maximum absolute atomic E-state index is 5.82. The fourth-order valence-electron chi connectivity index (χ4n) is 1.29. The molecule has 2 aromatic carbocycles. The second kappa shape index (κ2) is 3.09. The van der Waals surface area contributed by atoms with Gasteiger partial charge in [-0.05, 0) is 39.4 Å². The van der Waals surface area contributed by atoms with Gasteiger partial charge in [0.1, 0.15) is 7.85 Å². The minimum Gasteiger partial charge on any atom is -0.0889 e. The molecule has 0 amide bonds. The summed E-state index contributed by atoms with van der Waals surface area (Å²) in [6.45, 7) is 0. The average molecular weight is 264 g/mol. The molecule has 2 aromatic rings. The van der Waals surface area contributed by atoms with Crippen molar-refractivity contribution >= 4 is 46.7 Å². The Hall–Kier alpha value is -0.505. The highest BCUT2D eigenvalue weighted by atomic mass is 127. The number of fused-ring (bicyclic) bond motifs is 1. The van der Waals surface area contributed by atoms with Crippen LogP contribution in [-0.4, -0.2) is 7.85 Å². The third kappa shape index (κ3) is 1.24. The van der Waals surface area contributed by atoms with Crippen molar-refractivity contribution in [3.05, 3.63) is 40.0 Å². The molecule has 56 valence electrons. The predicted octanol–water partition coefficient (Wildman–Crippen LogP) is 2.24. The number of benzene rings is 2. The van der Waals surface area contributed by atoms with Crippen LogP contribution in [0.15, 0.2) is 36.4 Å². The molecule has 0 aliphatic heterocycles. The summed E-state index contributed by atoms with van der Waals surface area (Å²) in [5.41, 5.74) is 0.853. The van der Waals surface area contributed by atoms with E-state index in [4.69, 9.17) is 7.85 Å². The van der Waals surface area contributed by atoms with E-state index in [9.17, 15) is 0 Å². The van der Waals surface area contributed by atoms with Gasteiger partial charge in [-0.3, -0.25) is 0 Å². The van der Waals surface area contributed by atoms with Gasteiger partial charge in [-0.15, -0.1) is 0 Å². The lowest BCUT2D eigenvalue weighted by molar-refractivity contribution is 1.74. The van der Waals surface area contributed by atoms with Crippen molar-refractivity contribution in [1.29, 1.82) is 0 Å². The first-order valence-corrected chi connectivity index (χ1v) is 4.79. The molecule has 0 spiro atoms. The van der Waals surface area contributed by atoms with Gasteiger partial charge < -0.3 is 0 Å². The van der Waals surface area contributed by atoms with Crippen LogP contribution >= 0.6 is 22.6 Å². The molecule has 0 nitrogen and oxygen atoms in total. The number of hydrogen-bond donors (Lipinski definition) is 0. The van der Waals surface area contributed by atoms with E-state index in [0.717, 1.165) is 10.8 Å². The molecule has 0 aromatic heterocycles. The van der Waals surface area contributed by atoms with Gasteiger partial charge in [0.25, 0.3) is 0 Å². The molecule has 0 atom stereocenters. The van der Waals surface area contributed by atoms with E-state index in [1.54, 1.807) is 0 Å². The molecule has 0 N–H and O–H groups in total. The molecule has 0 unspecified atom stereocenters. The summed E-state index contributed by atoms with van der Waals surface area (Å²) in [6, 6.07) is 12.2. The Morgan fingerprint density at radius 1 is 0.917 bits per heavy atom. The molecule has 12 heavy (non-hydrogen) atoms. The van der Waals surface area contributed by atoms with E-state index >= 15 is 0 Å². The molecule has 0 bridgehead atoms. The maximum Gasteiger partial charge on any atom is 0.114 e. The summed E-state index contributed by atoms with van der Waals surface area (Å²) in [5, 5.41) is 2.38. The Balaban J connectivity index is 2.95. The normalized spacial score (nSPS) is 10.4. The van der Waals surface area contributed by atoms with Crippen LogP contribution in [0.5, 0.6) is 0 Å². The van der Waals surface area contributed by atoms with Gasteiger partial charge in [-0.1, -0.05) is 35.8 Å². The number of halogens is 1. The van der Waals surface area contributed by atoms with Crippen LogP contribution in [0, 0.1) is 3.57 Å². The number of rotatable bonds is 0. The number of hydrogen-bond acceptors (Lipinski definition) is 0. The summed E-state index contributed by atoms with van der Waals surface area (Å²) in [4.78, 5) is 0. The van der Waals surface area contributed by atoms with Crippen molar-refractivity contribution in [1.82, 2.24) is 0 Å². The summed E-state index contributed by atoms with van der Waals surface area (Å²) >= 11 is 2.32. The Bertz CT molecular complexity index is 383. The Labute approximate surface area is 86.5 Å². The zero-order valence-corrected chi connectivity index (χ0v) is 8.58. The lowest BCUT2D eigenvalue weighted by atomic mass is 9.90. The molecule has 0 heterocycles. The zero-order chi connectivity index (χ0) is 8.55. The van der Waals surface area contributed by atoms with E-state index in [2.05, 4.69) is 28.7 Å². The second-order valence-electron chi connectivity index (χ2n) is 2.68. The van der Waals surface area contributed by atoms with Gasteiger partial charge in [-0.25, -0.2) is 0 Å². The van der Waals surface area contributed by atoms with Gasteiger partial charge in [0.15, 0.2) is 0 Å². The summed E-state index contributed by atoms with van der Waals surface area (Å²) in [7, 11) is 5.82. The quantitative estimate of drug-likeness (QED) is 0.505. The summed E-state index contributed by atoms with van der Waals surface area (Å²) in [6.07, 6.45) is 0. The molecule has 0 fully saturated rings. The van der Waals surface area contributed by atoms with Crippen molar-refractivity contribution in [2.45, 2.75) is 0 Å². The van der Waals surface area contributed by atoms with Crippen molar-refractivity contribution in [2.75, 3.05) is 0 Å². The minimum atomic E-state index is 0.853. The van der Waals surface area contributed by atoms with E-state index < -0.39 is 0 Å². The molecule has 0 saturated carbocycles. The van der Waals surface area contributed by atoms with Crippen molar-refractivity contribution < 1.29 is 0 Å². The van der Waals surface area contributed by atoms with E-state index in [-0.39, 0.29) is 0 Å². The van der Waals surface area contributed by atoms with Gasteiger partial charge in [0.2, 0.25) is 0 Å². The third-order valence-electron chi connectivity index (χ3n) is 1.90. The molecule has 0 aliphatic carbocycles. The largest absolute Gasteiger partial charge is 0.114 e. The topological polar surface area (TPSA) is 0 Å². The van der Waals surface area contributed by atoms with E-state index in [1.807, 2.05) is 30.3 Å². The lowest BCUT2D eigenvalue weighted by Crippen LogP contribution is -2.03. The van der Waals surface area contributed by atoms with Crippen LogP contribution in [0.3, 0.4) is 0 Å². The highest BCUT2D eigenvalue weighted by Crippen LogP contribution is 2.17. The standard InChI is InChI=1S/C10H6BI/c11-9-5-6-10(12)8-4-2-1-3-7(8)9/h1-6H. The Morgan fingerprint density at radius 3 is 2.25 bits per heavy atom. The van der Waals surface area contributed by atoms with Gasteiger partial charge in [-0.2, -0.15) is 0 Å². The lowest BCUT2D eigenvalue weighted by Gasteiger charge is -2.03. The van der Waals surface area contributed by atoms with Crippen LogP contribution in [0.25, 0.3) is 10.8 Å². The van der Waals surface area contributed by atoms with Crippen LogP contribution in [0.4, 0.5) is 0 Å². The molecular weight excluding hydrogens is 258 g/mol. The summed E-state index contributed by atoms with van der Waals surface area (Å²) < 4.78 is 1.25. The monoisotopic (exact) mass is 264 g/mol. The SMILES string of the molecule is [B]c1ccc(I)c2ccccc12. The first-order chi connectivity index (χ1) is 5.79. The Kier molecular flexibility index (Phi) is 2.09. The molecular formula is C10H6BI. The first kappa shape index (κ1) is 8.11. The summed E-state index contributed by atoms with van der Waals surface area (Å²) in [5.74, 6) is 0. The van der Waals surface area contributed by atoms with Crippen molar-refractivity contribution in [3.63, 3.8) is 0 Å². The third-order valence-corrected chi connectivity index (χ3v) is 2.85. The molecule has 0 aliphatic rings. The first-order valence-electron chi connectivity index (χ1n) is 3.72. The predicted molar refractivity (Wildman–Crippen MR) is 62.1 cm³/mol. The minimum absolute atomic E-state index is 0.853. The van der Waals surface area contributed by atoms with Gasteiger partial charge in [0.05, 0.1) is 0 Å². The van der Waals surface area contributed by atoms with Crippen LogP contribution < -0.4 is 5.46 Å². The fraction of sp³-hybridized carbons (Fsp3) is 0. The van der Waals surface area contributed by atoms with Crippen molar-refractivity contribution in [2.24, 2.45) is 0 Å². The molecule has 2 rings (SSSR count). The van der Waals surface area contributed by atoms with Gasteiger partial charge >= 0.3 is 0 Å². The van der Waals surface area contributed by atoms with Crippen LogP contribution in [-0.2, 0) is 0 Å². The van der Waals surface area contributed by atoms with Gasteiger partial charge in [0, 0.05) is 3.57 Å². The smallest absolute Gasteiger partial charge is 0.0889 e. The van der Waals surface area contributed by atoms with E-state index in [0.29, 0.717) is 0 Å². The average Bonchev–Trinajstić information content (AvgIpc) is 2.12. The highest BCUT2D eigenvalue weighted by Gasteiger charge is 1.98. The maximum atomic E-state index is 5.82. The Morgan fingerprint density at radius 2 is 1.58 bits per heavy atom. The molecule has 2 radical (unpaired) electrons. The fourth-order valence-corrected chi connectivity index (χ4v) is 1.94.